The monoisotopic (exact) mass is 442 g/mol. The summed E-state index contributed by atoms with van der Waals surface area (Å²) in [6.45, 7) is 1.02. The van der Waals surface area contributed by atoms with E-state index >= 15 is 0 Å². The Morgan fingerprint density at radius 3 is 2.48 bits per heavy atom. The van der Waals surface area contributed by atoms with Crippen LogP contribution in [0.4, 0.5) is 0 Å². The van der Waals surface area contributed by atoms with Crippen molar-refractivity contribution in [2.75, 3.05) is 18.1 Å². The van der Waals surface area contributed by atoms with E-state index in [0.717, 1.165) is 16.9 Å². The van der Waals surface area contributed by atoms with Crippen LogP contribution in [0.25, 0.3) is 0 Å². The van der Waals surface area contributed by atoms with Gasteiger partial charge >= 0.3 is 0 Å². The van der Waals surface area contributed by atoms with E-state index in [1.807, 2.05) is 54.6 Å². The minimum absolute atomic E-state index is 0.00185. The van der Waals surface area contributed by atoms with Gasteiger partial charge in [-0.15, -0.1) is 0 Å². The van der Waals surface area contributed by atoms with Gasteiger partial charge in [-0.2, -0.15) is 0 Å². The van der Waals surface area contributed by atoms with Gasteiger partial charge in [-0.25, -0.2) is 8.42 Å². The second-order valence-corrected chi connectivity index (χ2v) is 10.3. The number of ether oxygens (including phenoxy) is 1. The maximum atomic E-state index is 12.7. The average Bonchev–Trinajstić information content (AvgIpc) is 3.33. The molecule has 2 atom stereocenters. The maximum absolute atomic E-state index is 12.7. The van der Waals surface area contributed by atoms with Gasteiger partial charge in [0.05, 0.1) is 17.4 Å². The first kappa shape index (κ1) is 21.4. The highest BCUT2D eigenvalue weighted by molar-refractivity contribution is 7.91. The van der Waals surface area contributed by atoms with Crippen LogP contribution in [0.1, 0.15) is 24.0 Å². The molecule has 1 N–H and O–H groups in total. The summed E-state index contributed by atoms with van der Waals surface area (Å²) in [5.41, 5.74) is 1.93. The Hall–Kier alpha value is -2.87. The normalized spacial score (nSPS) is 22.5. The lowest BCUT2D eigenvalue weighted by molar-refractivity contribution is -0.130. The Bertz CT molecular complexity index is 1050. The molecule has 31 heavy (non-hydrogen) atoms. The molecule has 2 fully saturated rings. The predicted molar refractivity (Wildman–Crippen MR) is 116 cm³/mol. The molecule has 0 bridgehead atoms. The minimum atomic E-state index is -3.08. The van der Waals surface area contributed by atoms with Crippen molar-refractivity contribution in [2.24, 2.45) is 5.92 Å². The topological polar surface area (TPSA) is 92.8 Å². The fourth-order valence-corrected chi connectivity index (χ4v) is 5.89. The summed E-state index contributed by atoms with van der Waals surface area (Å²) in [5.74, 6) is 0.111. The molecular weight excluding hydrogens is 416 g/mol. The van der Waals surface area contributed by atoms with Crippen LogP contribution in [0.15, 0.2) is 54.6 Å². The van der Waals surface area contributed by atoms with E-state index in [-0.39, 0.29) is 42.3 Å². The molecule has 2 heterocycles. The number of carbonyl (C=O) groups excluding carboxylic acids is 2. The Balaban J connectivity index is 1.32. The van der Waals surface area contributed by atoms with E-state index in [0.29, 0.717) is 19.6 Å². The van der Waals surface area contributed by atoms with E-state index in [4.69, 9.17) is 4.74 Å². The van der Waals surface area contributed by atoms with E-state index in [1.54, 1.807) is 4.90 Å². The molecule has 7 nitrogen and oxygen atoms in total. The van der Waals surface area contributed by atoms with Gasteiger partial charge in [0.15, 0.2) is 9.84 Å². The van der Waals surface area contributed by atoms with Crippen LogP contribution in [0, 0.1) is 5.92 Å². The largest absolute Gasteiger partial charge is 0.489 e. The number of rotatable bonds is 7. The number of para-hydroxylation sites is 1. The highest BCUT2D eigenvalue weighted by Crippen LogP contribution is 2.26. The number of hydrogen-bond donors (Lipinski definition) is 1. The van der Waals surface area contributed by atoms with Crippen LogP contribution in [0.3, 0.4) is 0 Å². The quantitative estimate of drug-likeness (QED) is 0.707. The van der Waals surface area contributed by atoms with Crippen LogP contribution in [-0.2, 0) is 32.6 Å². The van der Waals surface area contributed by atoms with Crippen molar-refractivity contribution in [1.82, 2.24) is 10.2 Å². The average molecular weight is 443 g/mol. The van der Waals surface area contributed by atoms with Crippen LogP contribution in [0.5, 0.6) is 5.75 Å². The van der Waals surface area contributed by atoms with Gasteiger partial charge in [-0.05, 0) is 29.7 Å². The summed E-state index contributed by atoms with van der Waals surface area (Å²) in [7, 11) is -3.08. The van der Waals surface area contributed by atoms with Gasteiger partial charge < -0.3 is 15.0 Å². The van der Waals surface area contributed by atoms with E-state index < -0.39 is 15.8 Å². The summed E-state index contributed by atoms with van der Waals surface area (Å²) in [4.78, 5) is 26.7. The van der Waals surface area contributed by atoms with Crippen molar-refractivity contribution in [3.05, 3.63) is 65.7 Å². The molecule has 4 rings (SSSR count). The molecule has 2 aliphatic rings. The zero-order valence-corrected chi connectivity index (χ0v) is 18.0. The summed E-state index contributed by atoms with van der Waals surface area (Å²) >= 11 is 0. The first-order valence-electron chi connectivity index (χ1n) is 10.4. The number of amides is 2. The number of nitrogens with zero attached hydrogens (tertiary/aromatic N) is 1. The first-order chi connectivity index (χ1) is 14.9. The second-order valence-electron chi connectivity index (χ2n) is 8.09. The van der Waals surface area contributed by atoms with Crippen LogP contribution >= 0.6 is 0 Å². The molecule has 2 aliphatic heterocycles. The SMILES string of the molecule is O=C(NCc1ccccc1COc1ccccc1)C1CC(=O)N(C2CCS(=O)(=O)C2)C1. The highest BCUT2D eigenvalue weighted by Gasteiger charge is 2.41. The molecule has 2 aromatic rings. The van der Waals surface area contributed by atoms with Crippen LogP contribution in [0.2, 0.25) is 0 Å². The fraction of sp³-hybridized carbons (Fsp3) is 0.391. The summed E-state index contributed by atoms with van der Waals surface area (Å²) < 4.78 is 29.3. The van der Waals surface area contributed by atoms with Gasteiger partial charge in [-0.1, -0.05) is 42.5 Å². The van der Waals surface area contributed by atoms with Crippen molar-refractivity contribution in [1.29, 1.82) is 0 Å². The Labute approximate surface area is 182 Å². The summed E-state index contributed by atoms with van der Waals surface area (Å²) in [6, 6.07) is 17.0. The highest BCUT2D eigenvalue weighted by atomic mass is 32.2. The Kier molecular flexibility index (Phi) is 6.27. The third-order valence-electron chi connectivity index (χ3n) is 5.89. The van der Waals surface area contributed by atoms with Crippen molar-refractivity contribution >= 4 is 21.7 Å². The number of nitrogens with one attached hydrogen (secondary N) is 1. The maximum Gasteiger partial charge on any atom is 0.225 e. The number of benzene rings is 2. The second kappa shape index (κ2) is 9.09. The number of sulfone groups is 1. The Morgan fingerprint density at radius 2 is 1.77 bits per heavy atom. The van der Waals surface area contributed by atoms with Gasteiger partial charge in [-0.3, -0.25) is 9.59 Å². The molecule has 2 unspecified atom stereocenters. The lowest BCUT2D eigenvalue weighted by Gasteiger charge is -2.23. The lowest BCUT2D eigenvalue weighted by atomic mass is 10.1. The van der Waals surface area contributed by atoms with Gasteiger partial charge in [0, 0.05) is 25.6 Å². The standard InChI is InChI=1S/C23H26N2O5S/c26-22-12-19(14-25(22)20-10-11-31(28,29)16-20)23(27)24-13-17-6-4-5-7-18(17)15-30-21-8-2-1-3-9-21/h1-9,19-20H,10-16H2,(H,24,27). The summed E-state index contributed by atoms with van der Waals surface area (Å²) in [5, 5.41) is 2.94. The molecule has 2 aromatic carbocycles. The molecule has 0 aromatic heterocycles. The molecule has 2 saturated heterocycles. The molecule has 0 saturated carbocycles. The lowest BCUT2D eigenvalue weighted by Crippen LogP contribution is -2.39. The van der Waals surface area contributed by atoms with Crippen LogP contribution in [-0.4, -0.2) is 49.2 Å². The predicted octanol–water partition coefficient (Wildman–Crippen LogP) is 1.92. The third kappa shape index (κ3) is 5.25. The fourth-order valence-electron chi connectivity index (χ4n) is 4.16. The molecule has 0 spiro atoms. The summed E-state index contributed by atoms with van der Waals surface area (Å²) in [6.07, 6.45) is 0.582. The minimum Gasteiger partial charge on any atom is -0.489 e. The van der Waals surface area contributed by atoms with E-state index in [2.05, 4.69) is 5.32 Å². The molecule has 0 radical (unpaired) electrons. The number of carbonyl (C=O) groups is 2. The van der Waals surface area contributed by atoms with Crippen molar-refractivity contribution in [2.45, 2.75) is 32.0 Å². The third-order valence-corrected chi connectivity index (χ3v) is 7.64. The Morgan fingerprint density at radius 1 is 1.06 bits per heavy atom. The zero-order chi connectivity index (χ0) is 21.8. The molecule has 0 aliphatic carbocycles. The van der Waals surface area contributed by atoms with Crippen molar-refractivity contribution in [3.8, 4) is 5.75 Å². The van der Waals surface area contributed by atoms with Gasteiger partial charge in [0.1, 0.15) is 12.4 Å². The van der Waals surface area contributed by atoms with E-state index in [1.165, 1.54) is 0 Å². The molecular formula is C23H26N2O5S. The molecule has 164 valence electrons. The smallest absolute Gasteiger partial charge is 0.225 e. The number of likely N-dealkylation sites (tertiary alicyclic amines) is 1. The van der Waals surface area contributed by atoms with E-state index in [9.17, 15) is 18.0 Å². The van der Waals surface area contributed by atoms with Crippen molar-refractivity contribution < 1.29 is 22.7 Å². The zero-order valence-electron chi connectivity index (χ0n) is 17.2. The molecule has 8 heteroatoms. The van der Waals surface area contributed by atoms with Gasteiger partial charge in [0.25, 0.3) is 0 Å². The van der Waals surface area contributed by atoms with Crippen molar-refractivity contribution in [3.63, 3.8) is 0 Å². The first-order valence-corrected chi connectivity index (χ1v) is 12.3. The number of hydrogen-bond acceptors (Lipinski definition) is 5. The van der Waals surface area contributed by atoms with Crippen LogP contribution < -0.4 is 10.1 Å². The molecule has 2 amide bonds. The van der Waals surface area contributed by atoms with Gasteiger partial charge in [0.2, 0.25) is 11.8 Å².